The Hall–Kier alpha value is -1.40. The molecule has 1 amide bonds. The second-order valence-electron chi connectivity index (χ2n) is 5.65. The first kappa shape index (κ1) is 15.0. The number of allylic oxidation sites excluding steroid dienone is 2. The third kappa shape index (κ3) is 2.58. The molecule has 6 nitrogen and oxygen atoms in total. The highest BCUT2D eigenvalue weighted by Crippen LogP contribution is 2.36. The number of carboxylic acid groups (broad SMARTS) is 1. The predicted molar refractivity (Wildman–Crippen MR) is 70.8 cm³/mol. The molecule has 0 spiro atoms. The number of nitrogens with one attached hydrogen (secondary N) is 1. The summed E-state index contributed by atoms with van der Waals surface area (Å²) >= 11 is 0. The second-order valence-corrected chi connectivity index (χ2v) is 5.65. The SMILES string of the molecule is O=C1N[C@@](C[C@@H]2C=CCCC2)(C(=O)O)[C@@H](O)[C@H]1CCO. The van der Waals surface area contributed by atoms with Crippen LogP contribution < -0.4 is 5.32 Å². The van der Waals surface area contributed by atoms with Crippen molar-refractivity contribution in [2.24, 2.45) is 11.8 Å². The molecule has 2 rings (SSSR count). The number of carboxylic acids is 1. The molecule has 4 atom stereocenters. The van der Waals surface area contributed by atoms with E-state index in [4.69, 9.17) is 5.11 Å². The van der Waals surface area contributed by atoms with Gasteiger partial charge in [0.25, 0.3) is 0 Å². The molecule has 2 aliphatic rings. The van der Waals surface area contributed by atoms with Gasteiger partial charge in [-0.1, -0.05) is 12.2 Å². The molecule has 1 heterocycles. The molecule has 4 N–H and O–H groups in total. The maximum atomic E-state index is 11.9. The average Bonchev–Trinajstić information content (AvgIpc) is 2.66. The Kier molecular flexibility index (Phi) is 4.45. The van der Waals surface area contributed by atoms with Gasteiger partial charge in [0.2, 0.25) is 5.91 Å². The zero-order valence-electron chi connectivity index (χ0n) is 11.3. The smallest absolute Gasteiger partial charge is 0.332 e. The van der Waals surface area contributed by atoms with Crippen LogP contribution in [0.15, 0.2) is 12.2 Å². The van der Waals surface area contributed by atoms with Crippen molar-refractivity contribution in [3.05, 3.63) is 12.2 Å². The molecular formula is C14H21NO5. The van der Waals surface area contributed by atoms with E-state index in [1.165, 1.54) is 0 Å². The lowest BCUT2D eigenvalue weighted by atomic mass is 9.78. The average molecular weight is 283 g/mol. The number of hydrogen-bond donors (Lipinski definition) is 4. The van der Waals surface area contributed by atoms with Crippen molar-refractivity contribution in [3.63, 3.8) is 0 Å². The molecule has 6 heteroatoms. The zero-order chi connectivity index (χ0) is 14.8. The van der Waals surface area contributed by atoms with Gasteiger partial charge in [0.1, 0.15) is 0 Å². The van der Waals surface area contributed by atoms with Gasteiger partial charge in [-0.2, -0.15) is 0 Å². The number of aliphatic carboxylic acids is 1. The first-order valence-corrected chi connectivity index (χ1v) is 7.02. The summed E-state index contributed by atoms with van der Waals surface area (Å²) in [5.41, 5.74) is -1.64. The van der Waals surface area contributed by atoms with Crippen LogP contribution in [-0.4, -0.2) is 45.4 Å². The molecular weight excluding hydrogens is 262 g/mol. The molecule has 0 aromatic heterocycles. The van der Waals surface area contributed by atoms with E-state index in [1.807, 2.05) is 12.2 Å². The standard InChI is InChI=1S/C14H21NO5/c16-7-6-10-11(17)14(13(19)20,15-12(10)18)8-9-4-2-1-3-5-9/h2,4,9-11,16-17H,1,3,5-8H2,(H,15,18)(H,19,20)/t9-,10-,11+,14-/m1/s1. The van der Waals surface area contributed by atoms with Crippen LogP contribution in [0.1, 0.15) is 32.1 Å². The number of amides is 1. The summed E-state index contributed by atoms with van der Waals surface area (Å²) in [7, 11) is 0. The van der Waals surface area contributed by atoms with Crippen molar-refractivity contribution >= 4 is 11.9 Å². The van der Waals surface area contributed by atoms with Crippen LogP contribution in [0.4, 0.5) is 0 Å². The Morgan fingerprint density at radius 2 is 2.25 bits per heavy atom. The molecule has 0 saturated carbocycles. The number of carbonyl (C=O) groups excluding carboxylic acids is 1. The number of carbonyl (C=O) groups is 2. The molecule has 1 aliphatic carbocycles. The largest absolute Gasteiger partial charge is 0.479 e. The van der Waals surface area contributed by atoms with E-state index in [-0.39, 0.29) is 25.4 Å². The van der Waals surface area contributed by atoms with Gasteiger partial charge in [0, 0.05) is 6.61 Å². The lowest BCUT2D eigenvalue weighted by Gasteiger charge is -2.32. The van der Waals surface area contributed by atoms with E-state index in [0.717, 1.165) is 19.3 Å². The molecule has 1 saturated heterocycles. The minimum absolute atomic E-state index is 0.0441. The molecule has 1 fully saturated rings. The van der Waals surface area contributed by atoms with Crippen LogP contribution in [0.25, 0.3) is 0 Å². The summed E-state index contributed by atoms with van der Waals surface area (Å²) in [5, 5.41) is 31.2. The summed E-state index contributed by atoms with van der Waals surface area (Å²) in [6, 6.07) is 0. The molecule has 0 aromatic rings. The Bertz CT molecular complexity index is 422. The molecule has 20 heavy (non-hydrogen) atoms. The second kappa shape index (κ2) is 5.93. The van der Waals surface area contributed by atoms with Gasteiger partial charge in [-0.3, -0.25) is 4.79 Å². The fourth-order valence-corrected chi connectivity index (χ4v) is 3.21. The van der Waals surface area contributed by atoms with Gasteiger partial charge < -0.3 is 20.6 Å². The first-order valence-electron chi connectivity index (χ1n) is 7.02. The van der Waals surface area contributed by atoms with E-state index >= 15 is 0 Å². The minimum atomic E-state index is -1.64. The Morgan fingerprint density at radius 1 is 1.50 bits per heavy atom. The summed E-state index contributed by atoms with van der Waals surface area (Å²) in [5.74, 6) is -2.52. The number of rotatable bonds is 5. The zero-order valence-corrected chi connectivity index (χ0v) is 11.3. The fourth-order valence-electron chi connectivity index (χ4n) is 3.21. The van der Waals surface area contributed by atoms with Crippen molar-refractivity contribution < 1.29 is 24.9 Å². The first-order chi connectivity index (χ1) is 9.51. The van der Waals surface area contributed by atoms with Crippen molar-refractivity contribution in [1.29, 1.82) is 0 Å². The van der Waals surface area contributed by atoms with E-state index in [9.17, 15) is 19.8 Å². The Balaban J connectivity index is 2.21. The normalized spacial score (nSPS) is 36.9. The van der Waals surface area contributed by atoms with E-state index in [0.29, 0.717) is 0 Å². The monoisotopic (exact) mass is 283 g/mol. The Morgan fingerprint density at radius 3 is 2.80 bits per heavy atom. The highest BCUT2D eigenvalue weighted by atomic mass is 16.4. The third-order valence-electron chi connectivity index (χ3n) is 4.33. The maximum absolute atomic E-state index is 11.9. The van der Waals surface area contributed by atoms with Gasteiger partial charge >= 0.3 is 5.97 Å². The van der Waals surface area contributed by atoms with Crippen molar-refractivity contribution in [2.45, 2.75) is 43.7 Å². The molecule has 0 aromatic carbocycles. The molecule has 0 radical (unpaired) electrons. The van der Waals surface area contributed by atoms with Gasteiger partial charge in [-0.05, 0) is 38.0 Å². The van der Waals surface area contributed by atoms with E-state index in [1.54, 1.807) is 0 Å². The van der Waals surface area contributed by atoms with Gasteiger partial charge in [0.15, 0.2) is 5.54 Å². The number of hydrogen-bond acceptors (Lipinski definition) is 4. The van der Waals surface area contributed by atoms with Crippen molar-refractivity contribution in [2.75, 3.05) is 6.61 Å². The van der Waals surface area contributed by atoms with E-state index < -0.39 is 29.4 Å². The fraction of sp³-hybridized carbons (Fsp3) is 0.714. The summed E-state index contributed by atoms with van der Waals surface area (Å²) < 4.78 is 0. The predicted octanol–water partition coefficient (Wildman–Crippen LogP) is 0.0455. The number of aliphatic hydroxyl groups excluding tert-OH is 2. The summed E-state index contributed by atoms with van der Waals surface area (Å²) in [6.07, 6.45) is 5.76. The van der Waals surface area contributed by atoms with Crippen LogP contribution in [0, 0.1) is 11.8 Å². The molecule has 0 unspecified atom stereocenters. The third-order valence-corrected chi connectivity index (χ3v) is 4.33. The lowest BCUT2D eigenvalue weighted by Crippen LogP contribution is -2.56. The van der Waals surface area contributed by atoms with Crippen LogP contribution >= 0.6 is 0 Å². The summed E-state index contributed by atoms with van der Waals surface area (Å²) in [6.45, 7) is -0.256. The van der Waals surface area contributed by atoms with Crippen LogP contribution in [0.2, 0.25) is 0 Å². The molecule has 112 valence electrons. The van der Waals surface area contributed by atoms with Gasteiger partial charge in [0.05, 0.1) is 12.0 Å². The topological polar surface area (TPSA) is 107 Å². The molecule has 0 bridgehead atoms. The lowest BCUT2D eigenvalue weighted by molar-refractivity contribution is -0.150. The quantitative estimate of drug-likeness (QED) is 0.533. The highest BCUT2D eigenvalue weighted by Gasteiger charge is 2.57. The van der Waals surface area contributed by atoms with Gasteiger partial charge in [-0.25, -0.2) is 4.79 Å². The van der Waals surface area contributed by atoms with Crippen molar-refractivity contribution in [3.8, 4) is 0 Å². The molecule has 1 aliphatic heterocycles. The van der Waals surface area contributed by atoms with Crippen molar-refractivity contribution in [1.82, 2.24) is 5.32 Å². The van der Waals surface area contributed by atoms with Crippen LogP contribution in [-0.2, 0) is 9.59 Å². The van der Waals surface area contributed by atoms with E-state index in [2.05, 4.69) is 5.32 Å². The van der Waals surface area contributed by atoms with Crippen LogP contribution in [0.5, 0.6) is 0 Å². The highest BCUT2D eigenvalue weighted by molar-refractivity contribution is 5.93. The summed E-state index contributed by atoms with van der Waals surface area (Å²) in [4.78, 5) is 23.5. The maximum Gasteiger partial charge on any atom is 0.332 e. The minimum Gasteiger partial charge on any atom is -0.479 e. The van der Waals surface area contributed by atoms with Gasteiger partial charge in [-0.15, -0.1) is 0 Å². The Labute approximate surface area is 117 Å². The number of aliphatic hydroxyl groups is 2. The van der Waals surface area contributed by atoms with Crippen LogP contribution in [0.3, 0.4) is 0 Å².